The fourth-order valence-corrected chi connectivity index (χ4v) is 6.55. The molecule has 3 saturated carbocycles. The first-order chi connectivity index (χ1) is 7.11. The van der Waals surface area contributed by atoms with Gasteiger partial charge in [0.2, 0.25) is 0 Å². The van der Waals surface area contributed by atoms with Gasteiger partial charge in [0.05, 0.1) is 10.5 Å². The van der Waals surface area contributed by atoms with Crippen molar-refractivity contribution >= 4 is 9.84 Å². The molecule has 3 unspecified atom stereocenters. The summed E-state index contributed by atoms with van der Waals surface area (Å²) in [6, 6.07) is 0. The van der Waals surface area contributed by atoms with E-state index in [9.17, 15) is 8.42 Å². The van der Waals surface area contributed by atoms with Crippen molar-refractivity contribution < 1.29 is 8.42 Å². The highest BCUT2D eigenvalue weighted by atomic mass is 32.2. The summed E-state index contributed by atoms with van der Waals surface area (Å²) in [5, 5.41) is 0. The van der Waals surface area contributed by atoms with Crippen molar-refractivity contribution in [1.82, 2.24) is 0 Å². The van der Waals surface area contributed by atoms with Crippen LogP contribution in [0.3, 0.4) is 0 Å². The van der Waals surface area contributed by atoms with Gasteiger partial charge in [-0.2, -0.15) is 0 Å². The molecule has 3 rings (SSSR count). The zero-order valence-corrected chi connectivity index (χ0v) is 11.9. The van der Waals surface area contributed by atoms with E-state index in [4.69, 9.17) is 0 Å². The zero-order valence-electron chi connectivity index (χ0n) is 11.1. The van der Waals surface area contributed by atoms with E-state index >= 15 is 0 Å². The van der Waals surface area contributed by atoms with Gasteiger partial charge in [-0.15, -0.1) is 0 Å². The van der Waals surface area contributed by atoms with E-state index in [1.807, 2.05) is 20.8 Å². The molecule has 0 aromatic heterocycles. The molecular weight excluding hydrogens is 220 g/mol. The molecule has 0 aromatic rings. The summed E-state index contributed by atoms with van der Waals surface area (Å²) in [4.78, 5) is 0. The second-order valence-corrected chi connectivity index (χ2v) is 9.49. The van der Waals surface area contributed by atoms with Crippen LogP contribution in [0.1, 0.15) is 47.5 Å². The maximum Gasteiger partial charge on any atom is 0.156 e. The normalized spacial score (nSPS) is 41.1. The number of sulfone groups is 1. The summed E-state index contributed by atoms with van der Waals surface area (Å²) in [6.07, 6.45) is 2.01. The fourth-order valence-electron chi connectivity index (χ4n) is 4.00. The van der Waals surface area contributed by atoms with Gasteiger partial charge < -0.3 is 0 Å². The van der Waals surface area contributed by atoms with Crippen molar-refractivity contribution in [2.24, 2.45) is 23.2 Å². The molecule has 3 aliphatic rings. The molecule has 0 aromatic carbocycles. The predicted molar refractivity (Wildman–Crippen MR) is 67.0 cm³/mol. The number of hydrogen-bond donors (Lipinski definition) is 0. The summed E-state index contributed by atoms with van der Waals surface area (Å²) in [5.74, 6) is 1.60. The molecule has 2 bridgehead atoms. The van der Waals surface area contributed by atoms with Crippen molar-refractivity contribution in [2.45, 2.75) is 52.2 Å². The average Bonchev–Trinajstić information content (AvgIpc) is 2.53. The molecule has 16 heavy (non-hydrogen) atoms. The predicted octanol–water partition coefficient (Wildman–Crippen LogP) is 2.88. The van der Waals surface area contributed by atoms with Crippen molar-refractivity contribution in [1.29, 1.82) is 0 Å². The largest absolute Gasteiger partial charge is 0.228 e. The van der Waals surface area contributed by atoms with Crippen LogP contribution < -0.4 is 0 Å². The van der Waals surface area contributed by atoms with Crippen LogP contribution in [0, 0.1) is 23.2 Å². The standard InChI is InChI=1S/C13H24O2S/c1-9(2)8-16(14,15)13(5)7-10-6-11(13)12(10,3)4/h9-11H,6-8H2,1-5H3. The third-order valence-electron chi connectivity index (χ3n) is 5.12. The lowest BCUT2D eigenvalue weighted by Crippen LogP contribution is -2.47. The molecule has 3 heteroatoms. The molecule has 94 valence electrons. The Morgan fingerprint density at radius 2 is 1.81 bits per heavy atom. The Morgan fingerprint density at radius 3 is 2.12 bits per heavy atom. The fraction of sp³-hybridized carbons (Fsp3) is 1.00. The maximum absolute atomic E-state index is 12.5. The van der Waals surface area contributed by atoms with E-state index in [0.29, 0.717) is 17.6 Å². The maximum atomic E-state index is 12.5. The molecule has 0 N–H and O–H groups in total. The van der Waals surface area contributed by atoms with Gasteiger partial charge in [0.25, 0.3) is 0 Å². The molecular formula is C13H24O2S. The van der Waals surface area contributed by atoms with Gasteiger partial charge in [0.1, 0.15) is 0 Å². The van der Waals surface area contributed by atoms with E-state index in [-0.39, 0.29) is 11.3 Å². The first-order valence-electron chi connectivity index (χ1n) is 6.33. The van der Waals surface area contributed by atoms with Crippen molar-refractivity contribution in [2.75, 3.05) is 5.75 Å². The molecule has 0 heterocycles. The van der Waals surface area contributed by atoms with E-state index in [1.165, 1.54) is 0 Å². The smallest absolute Gasteiger partial charge is 0.156 e. The van der Waals surface area contributed by atoms with Gasteiger partial charge in [-0.1, -0.05) is 27.7 Å². The topological polar surface area (TPSA) is 34.1 Å². The lowest BCUT2D eigenvalue weighted by Gasteiger charge is -2.47. The van der Waals surface area contributed by atoms with E-state index in [0.717, 1.165) is 12.8 Å². The van der Waals surface area contributed by atoms with Gasteiger partial charge in [0.15, 0.2) is 9.84 Å². The molecule has 0 aliphatic heterocycles. The van der Waals surface area contributed by atoms with Crippen LogP contribution in [-0.4, -0.2) is 18.9 Å². The second kappa shape index (κ2) is 3.24. The summed E-state index contributed by atoms with van der Waals surface area (Å²) >= 11 is 0. The van der Waals surface area contributed by atoms with Crippen LogP contribution in [-0.2, 0) is 9.84 Å². The molecule has 2 nitrogen and oxygen atoms in total. The lowest BCUT2D eigenvalue weighted by atomic mass is 9.60. The highest BCUT2D eigenvalue weighted by molar-refractivity contribution is 7.92. The summed E-state index contributed by atoms with van der Waals surface area (Å²) in [6.45, 7) is 10.4. The van der Waals surface area contributed by atoms with Crippen LogP contribution in [0.4, 0.5) is 0 Å². The van der Waals surface area contributed by atoms with Crippen LogP contribution in [0.15, 0.2) is 0 Å². The third kappa shape index (κ3) is 1.40. The van der Waals surface area contributed by atoms with E-state index in [1.54, 1.807) is 0 Å². The van der Waals surface area contributed by atoms with Gasteiger partial charge in [-0.3, -0.25) is 0 Å². The molecule has 3 fully saturated rings. The minimum Gasteiger partial charge on any atom is -0.228 e. The Labute approximate surface area is 99.7 Å². The van der Waals surface area contributed by atoms with Crippen molar-refractivity contribution in [3.63, 3.8) is 0 Å². The molecule has 0 amide bonds. The second-order valence-electron chi connectivity index (χ2n) is 7.00. The van der Waals surface area contributed by atoms with Gasteiger partial charge >= 0.3 is 0 Å². The van der Waals surface area contributed by atoms with E-state index in [2.05, 4.69) is 13.8 Å². The summed E-state index contributed by atoms with van der Waals surface area (Å²) < 4.78 is 24.5. The molecule has 3 atom stereocenters. The van der Waals surface area contributed by atoms with Crippen molar-refractivity contribution in [3.05, 3.63) is 0 Å². The zero-order chi connectivity index (χ0) is 12.4. The third-order valence-corrected chi connectivity index (χ3v) is 8.10. The Hall–Kier alpha value is -0.0500. The van der Waals surface area contributed by atoms with Gasteiger partial charge in [0, 0.05) is 0 Å². The average molecular weight is 244 g/mol. The Morgan fingerprint density at radius 1 is 1.25 bits per heavy atom. The Balaban J connectivity index is 2.29. The van der Waals surface area contributed by atoms with Crippen molar-refractivity contribution in [3.8, 4) is 0 Å². The Bertz CT molecular complexity index is 394. The van der Waals surface area contributed by atoms with Crippen LogP contribution in [0.5, 0.6) is 0 Å². The van der Waals surface area contributed by atoms with E-state index < -0.39 is 14.6 Å². The van der Waals surface area contributed by atoms with Crippen LogP contribution in [0.2, 0.25) is 0 Å². The highest BCUT2D eigenvalue weighted by Crippen LogP contribution is 2.68. The number of fused-ring (bicyclic) bond motifs is 1. The lowest BCUT2D eigenvalue weighted by molar-refractivity contribution is 0.0446. The Kier molecular flexibility index (Phi) is 2.52. The molecule has 0 radical (unpaired) electrons. The SMILES string of the molecule is CC(C)CS(=O)(=O)C1(C)CC2CC1C2(C)C. The number of hydrogen-bond acceptors (Lipinski definition) is 2. The first-order valence-corrected chi connectivity index (χ1v) is 7.99. The molecule has 0 spiro atoms. The monoisotopic (exact) mass is 244 g/mol. The highest BCUT2D eigenvalue weighted by Gasteiger charge is 2.68. The van der Waals surface area contributed by atoms with Crippen LogP contribution in [0.25, 0.3) is 0 Å². The number of rotatable bonds is 3. The van der Waals surface area contributed by atoms with Gasteiger partial charge in [-0.25, -0.2) is 8.42 Å². The molecule has 3 aliphatic carbocycles. The molecule has 0 saturated heterocycles. The summed E-state index contributed by atoms with van der Waals surface area (Å²) in [7, 11) is -2.94. The first kappa shape index (κ1) is 12.4. The minimum atomic E-state index is -2.94. The van der Waals surface area contributed by atoms with Crippen LogP contribution >= 0.6 is 0 Å². The summed E-state index contributed by atoms with van der Waals surface area (Å²) in [5.41, 5.74) is 0.249. The van der Waals surface area contributed by atoms with Gasteiger partial charge in [-0.05, 0) is 42.9 Å². The quantitative estimate of drug-likeness (QED) is 0.765. The minimum absolute atomic E-state index is 0.239.